The predicted molar refractivity (Wildman–Crippen MR) is 72.3 cm³/mol. The lowest BCUT2D eigenvalue weighted by Gasteiger charge is -2.28. The normalized spacial score (nSPS) is 18.0. The van der Waals surface area contributed by atoms with Crippen molar-refractivity contribution in [2.45, 2.75) is 38.3 Å². The van der Waals surface area contributed by atoms with E-state index >= 15 is 0 Å². The Morgan fingerprint density at radius 2 is 1.94 bits per heavy atom. The van der Waals surface area contributed by atoms with Gasteiger partial charge in [0, 0.05) is 31.7 Å². The number of nitrogens with zero attached hydrogens (tertiary/aromatic N) is 2. The van der Waals surface area contributed by atoms with Gasteiger partial charge in [0.05, 0.1) is 6.61 Å². The fourth-order valence-corrected chi connectivity index (χ4v) is 2.01. The molecule has 0 radical (unpaired) electrons. The highest BCUT2D eigenvalue weighted by molar-refractivity contribution is 4.86. The Labute approximate surface area is 106 Å². The van der Waals surface area contributed by atoms with Gasteiger partial charge in [-0.15, -0.1) is 0 Å². The first-order chi connectivity index (χ1) is 8.15. The van der Waals surface area contributed by atoms with E-state index in [2.05, 4.69) is 36.1 Å². The van der Waals surface area contributed by atoms with E-state index in [1.807, 2.05) is 0 Å². The standard InChI is InChI=1S/C13H29N3O/c1-4-7-16(9-8-15(2)3)10-13(11-17)14-12-5-6-12/h12-14,17H,4-11H2,1-3H3. The highest BCUT2D eigenvalue weighted by Gasteiger charge is 2.25. The number of aliphatic hydroxyl groups is 1. The van der Waals surface area contributed by atoms with Crippen molar-refractivity contribution in [3.63, 3.8) is 0 Å². The Bertz CT molecular complexity index is 195. The minimum absolute atomic E-state index is 0.246. The number of hydrogen-bond donors (Lipinski definition) is 2. The van der Waals surface area contributed by atoms with Gasteiger partial charge in [0.15, 0.2) is 0 Å². The zero-order chi connectivity index (χ0) is 12.7. The lowest BCUT2D eigenvalue weighted by atomic mass is 10.2. The molecule has 1 aliphatic rings. The first-order valence-corrected chi connectivity index (χ1v) is 6.89. The molecule has 0 amide bonds. The van der Waals surface area contributed by atoms with E-state index in [1.54, 1.807) is 0 Å². The molecule has 1 saturated carbocycles. The Morgan fingerprint density at radius 3 is 2.41 bits per heavy atom. The van der Waals surface area contributed by atoms with Crippen LogP contribution in [0, 0.1) is 0 Å². The molecule has 1 unspecified atom stereocenters. The summed E-state index contributed by atoms with van der Waals surface area (Å²) >= 11 is 0. The van der Waals surface area contributed by atoms with Gasteiger partial charge in [-0.25, -0.2) is 0 Å². The summed E-state index contributed by atoms with van der Waals surface area (Å²) in [7, 11) is 4.21. The van der Waals surface area contributed by atoms with Crippen LogP contribution in [0.2, 0.25) is 0 Å². The lowest BCUT2D eigenvalue weighted by Crippen LogP contribution is -2.46. The third kappa shape index (κ3) is 6.99. The average Bonchev–Trinajstić information content (AvgIpc) is 3.08. The lowest BCUT2D eigenvalue weighted by molar-refractivity contribution is 0.171. The number of nitrogens with one attached hydrogen (secondary N) is 1. The Hall–Kier alpha value is -0.160. The van der Waals surface area contributed by atoms with Crippen LogP contribution in [0.5, 0.6) is 0 Å². The molecule has 0 aliphatic heterocycles. The summed E-state index contributed by atoms with van der Waals surface area (Å²) < 4.78 is 0. The third-order valence-electron chi connectivity index (χ3n) is 3.15. The molecule has 0 bridgehead atoms. The zero-order valence-electron chi connectivity index (χ0n) is 11.7. The van der Waals surface area contributed by atoms with E-state index in [0.717, 1.165) is 26.2 Å². The molecule has 1 rings (SSSR count). The molecular weight excluding hydrogens is 214 g/mol. The summed E-state index contributed by atoms with van der Waals surface area (Å²) in [6.45, 7) is 6.72. The van der Waals surface area contributed by atoms with E-state index in [4.69, 9.17) is 0 Å². The van der Waals surface area contributed by atoms with Gasteiger partial charge in [0.2, 0.25) is 0 Å². The molecule has 0 heterocycles. The molecule has 1 atom stereocenters. The summed E-state index contributed by atoms with van der Waals surface area (Å²) in [6.07, 6.45) is 3.74. The SMILES string of the molecule is CCCN(CCN(C)C)CC(CO)NC1CC1. The van der Waals surface area contributed by atoms with Crippen LogP contribution >= 0.6 is 0 Å². The van der Waals surface area contributed by atoms with E-state index in [9.17, 15) is 5.11 Å². The predicted octanol–water partition coefficient (Wildman–Crippen LogP) is 0.373. The van der Waals surface area contributed by atoms with Crippen LogP contribution in [-0.4, -0.2) is 73.9 Å². The van der Waals surface area contributed by atoms with Gasteiger partial charge in [0.25, 0.3) is 0 Å². The molecule has 0 aromatic rings. The summed E-state index contributed by atoms with van der Waals surface area (Å²) in [5.41, 5.74) is 0. The van der Waals surface area contributed by atoms with Crippen LogP contribution < -0.4 is 5.32 Å². The third-order valence-corrected chi connectivity index (χ3v) is 3.15. The summed E-state index contributed by atoms with van der Waals surface area (Å²) in [4.78, 5) is 4.67. The molecule has 17 heavy (non-hydrogen) atoms. The van der Waals surface area contributed by atoms with Crippen molar-refractivity contribution in [2.75, 3.05) is 46.9 Å². The highest BCUT2D eigenvalue weighted by Crippen LogP contribution is 2.19. The molecule has 0 saturated heterocycles. The van der Waals surface area contributed by atoms with Crippen molar-refractivity contribution in [3.8, 4) is 0 Å². The second-order valence-corrected chi connectivity index (χ2v) is 5.42. The van der Waals surface area contributed by atoms with Crippen LogP contribution in [0.4, 0.5) is 0 Å². The van der Waals surface area contributed by atoms with Crippen molar-refractivity contribution in [1.82, 2.24) is 15.1 Å². The first kappa shape index (κ1) is 14.9. The van der Waals surface area contributed by atoms with Crippen molar-refractivity contribution >= 4 is 0 Å². The highest BCUT2D eigenvalue weighted by atomic mass is 16.3. The maximum Gasteiger partial charge on any atom is 0.0597 e. The van der Waals surface area contributed by atoms with E-state index < -0.39 is 0 Å². The zero-order valence-corrected chi connectivity index (χ0v) is 11.7. The minimum Gasteiger partial charge on any atom is -0.395 e. The van der Waals surface area contributed by atoms with Gasteiger partial charge in [-0.1, -0.05) is 6.92 Å². The van der Waals surface area contributed by atoms with Crippen molar-refractivity contribution in [2.24, 2.45) is 0 Å². The van der Waals surface area contributed by atoms with E-state index in [0.29, 0.717) is 6.04 Å². The number of likely N-dealkylation sites (N-methyl/N-ethyl adjacent to an activating group) is 1. The largest absolute Gasteiger partial charge is 0.395 e. The molecular formula is C13H29N3O. The van der Waals surface area contributed by atoms with Gasteiger partial charge >= 0.3 is 0 Å². The van der Waals surface area contributed by atoms with Crippen LogP contribution in [0.15, 0.2) is 0 Å². The molecule has 102 valence electrons. The molecule has 0 aromatic carbocycles. The molecule has 0 aromatic heterocycles. The summed E-state index contributed by atoms with van der Waals surface area (Å²) in [6, 6.07) is 0.917. The van der Waals surface area contributed by atoms with E-state index in [1.165, 1.54) is 19.3 Å². The Kier molecular flexibility index (Phi) is 7.04. The van der Waals surface area contributed by atoms with Crippen LogP contribution in [-0.2, 0) is 0 Å². The summed E-state index contributed by atoms with van der Waals surface area (Å²) in [5, 5.41) is 12.9. The second-order valence-electron chi connectivity index (χ2n) is 5.42. The Balaban J connectivity index is 2.27. The minimum atomic E-state index is 0.246. The van der Waals surface area contributed by atoms with Crippen LogP contribution in [0.1, 0.15) is 26.2 Å². The number of rotatable bonds is 10. The summed E-state index contributed by atoms with van der Waals surface area (Å²) in [5.74, 6) is 0. The number of hydrogen-bond acceptors (Lipinski definition) is 4. The fourth-order valence-electron chi connectivity index (χ4n) is 2.01. The van der Waals surface area contributed by atoms with Crippen molar-refractivity contribution in [1.29, 1.82) is 0 Å². The molecule has 1 aliphatic carbocycles. The second kappa shape index (κ2) is 8.03. The quantitative estimate of drug-likeness (QED) is 0.582. The van der Waals surface area contributed by atoms with Gasteiger partial charge in [-0.3, -0.25) is 0 Å². The molecule has 4 heteroatoms. The molecule has 0 spiro atoms. The topological polar surface area (TPSA) is 38.7 Å². The smallest absolute Gasteiger partial charge is 0.0597 e. The molecule has 1 fully saturated rings. The fraction of sp³-hybridized carbons (Fsp3) is 1.00. The van der Waals surface area contributed by atoms with Crippen LogP contribution in [0.3, 0.4) is 0 Å². The monoisotopic (exact) mass is 243 g/mol. The Morgan fingerprint density at radius 1 is 1.24 bits per heavy atom. The van der Waals surface area contributed by atoms with Crippen molar-refractivity contribution in [3.05, 3.63) is 0 Å². The number of aliphatic hydroxyl groups excluding tert-OH is 1. The van der Waals surface area contributed by atoms with Crippen molar-refractivity contribution < 1.29 is 5.11 Å². The van der Waals surface area contributed by atoms with Crippen LogP contribution in [0.25, 0.3) is 0 Å². The maximum atomic E-state index is 9.40. The van der Waals surface area contributed by atoms with Gasteiger partial charge in [-0.05, 0) is 39.9 Å². The maximum absolute atomic E-state index is 9.40. The molecule has 2 N–H and O–H groups in total. The van der Waals surface area contributed by atoms with Gasteiger partial charge in [0.1, 0.15) is 0 Å². The van der Waals surface area contributed by atoms with Gasteiger partial charge in [-0.2, -0.15) is 0 Å². The van der Waals surface area contributed by atoms with E-state index in [-0.39, 0.29) is 12.6 Å². The molecule has 4 nitrogen and oxygen atoms in total. The average molecular weight is 243 g/mol. The van der Waals surface area contributed by atoms with Gasteiger partial charge < -0.3 is 20.2 Å². The first-order valence-electron chi connectivity index (χ1n) is 6.89.